The third kappa shape index (κ3) is 37.8. The molecule has 1 aliphatic heterocycles. The molecule has 406 valence electrons. The molecular formula is C55H109NO11S. The number of carbonyl (C=O) groups excluding carboxylic acids is 1. The zero-order valence-corrected chi connectivity index (χ0v) is 44.8. The summed E-state index contributed by atoms with van der Waals surface area (Å²) in [5.74, 6) is -0.225. The van der Waals surface area contributed by atoms with Gasteiger partial charge in [0.1, 0.15) is 24.4 Å². The fraction of sp³-hybridized carbons (Fsp3) is 0.982. The average Bonchev–Trinajstić information content (AvgIpc) is 3.31. The zero-order valence-electron chi connectivity index (χ0n) is 44.0. The zero-order chi connectivity index (χ0) is 49.8. The first-order valence-electron chi connectivity index (χ1n) is 28.9. The van der Waals surface area contributed by atoms with Crippen LogP contribution >= 0.6 is 0 Å². The molecule has 68 heavy (non-hydrogen) atoms. The third-order valence-corrected chi connectivity index (χ3v) is 14.6. The Balaban J connectivity index is 2.18. The fourth-order valence-electron chi connectivity index (χ4n) is 9.70. The smallest absolute Gasteiger partial charge is 0.394 e. The molecule has 1 fully saturated rings. The van der Waals surface area contributed by atoms with Crippen LogP contribution in [-0.2, 0) is 28.9 Å². The van der Waals surface area contributed by atoms with Crippen LogP contribution < -0.4 is 5.32 Å². The number of nitrogens with one attached hydrogen (secondary N) is 1. The van der Waals surface area contributed by atoms with E-state index in [1.165, 1.54) is 212 Å². The lowest BCUT2D eigenvalue weighted by atomic mass is 9.99. The Morgan fingerprint density at radius 1 is 0.529 bits per heavy atom. The van der Waals surface area contributed by atoms with E-state index in [2.05, 4.69) is 23.3 Å². The molecule has 0 saturated carbocycles. The van der Waals surface area contributed by atoms with E-state index in [4.69, 9.17) is 9.47 Å². The second kappa shape index (κ2) is 45.9. The Bertz CT molecular complexity index is 1210. The average molecular weight is 993 g/mol. The van der Waals surface area contributed by atoms with Crippen molar-refractivity contribution >= 4 is 16.3 Å². The molecule has 0 aliphatic carbocycles. The lowest BCUT2D eigenvalue weighted by Crippen LogP contribution is -2.61. The van der Waals surface area contributed by atoms with E-state index in [-0.39, 0.29) is 12.5 Å². The van der Waals surface area contributed by atoms with Crippen LogP contribution in [-0.4, -0.2) is 95.4 Å². The van der Waals surface area contributed by atoms with Gasteiger partial charge in [-0.05, 0) is 12.8 Å². The quantitative estimate of drug-likeness (QED) is 0.0251. The number of hydrogen-bond acceptors (Lipinski definition) is 10. The SMILES string of the molecule is CCCCCCCCCCCCCCCCCCCCCCCCCCCCCCCCCC(=O)NC(COC1OC(CO)C(O)C(OS(=O)(=O)O)C1O)C(O)CCCCCCCCCCCC. The van der Waals surface area contributed by atoms with Gasteiger partial charge in [-0.15, -0.1) is 0 Å². The number of ether oxygens (including phenoxy) is 2. The summed E-state index contributed by atoms with van der Waals surface area (Å²) >= 11 is 0. The maximum absolute atomic E-state index is 13.1. The van der Waals surface area contributed by atoms with Gasteiger partial charge >= 0.3 is 10.4 Å². The van der Waals surface area contributed by atoms with E-state index >= 15 is 0 Å². The maximum Gasteiger partial charge on any atom is 0.397 e. The molecular weight excluding hydrogens is 883 g/mol. The number of hydrogen-bond donors (Lipinski definition) is 6. The summed E-state index contributed by atoms with van der Waals surface area (Å²) in [6.45, 7) is 3.46. The van der Waals surface area contributed by atoms with Gasteiger partial charge in [0.25, 0.3) is 0 Å². The number of aliphatic hydroxyl groups is 4. The van der Waals surface area contributed by atoms with Gasteiger partial charge in [-0.25, -0.2) is 4.18 Å². The number of unbranched alkanes of at least 4 members (excludes halogenated alkanes) is 39. The van der Waals surface area contributed by atoms with Crippen molar-refractivity contribution in [3.63, 3.8) is 0 Å². The summed E-state index contributed by atoms with van der Waals surface area (Å²) in [6, 6.07) is -0.851. The molecule has 0 aromatic heterocycles. The molecule has 7 atom stereocenters. The molecule has 1 heterocycles. The fourth-order valence-corrected chi connectivity index (χ4v) is 10.2. The van der Waals surface area contributed by atoms with Crippen LogP contribution in [0, 0.1) is 0 Å². The van der Waals surface area contributed by atoms with Crippen molar-refractivity contribution in [3.8, 4) is 0 Å². The van der Waals surface area contributed by atoms with Crippen molar-refractivity contribution in [3.05, 3.63) is 0 Å². The van der Waals surface area contributed by atoms with Gasteiger partial charge in [0.05, 0.1) is 25.4 Å². The summed E-state index contributed by atoms with van der Waals surface area (Å²) in [4.78, 5) is 13.1. The van der Waals surface area contributed by atoms with E-state index in [0.717, 1.165) is 51.4 Å². The first-order valence-corrected chi connectivity index (χ1v) is 30.3. The van der Waals surface area contributed by atoms with Crippen molar-refractivity contribution in [2.24, 2.45) is 0 Å². The summed E-state index contributed by atoms with van der Waals surface area (Å²) in [7, 11) is -5.07. The molecule has 1 aliphatic rings. The molecule has 1 rings (SSSR count). The number of aliphatic hydroxyl groups excluding tert-OH is 4. The molecule has 1 saturated heterocycles. The molecule has 7 unspecified atom stereocenters. The highest BCUT2D eigenvalue weighted by Crippen LogP contribution is 2.26. The van der Waals surface area contributed by atoms with Crippen molar-refractivity contribution in [2.45, 2.75) is 333 Å². The standard InChI is InChI=1S/C55H109NO11S/c1-3-5-7-9-11-13-15-16-17-18-19-20-21-22-23-24-25-26-27-28-29-30-31-32-33-34-35-37-39-41-43-45-51(59)56-48(49(58)44-42-40-38-36-14-12-10-8-6-4-2)47-65-55-53(61)54(67-68(62,63)64)52(60)50(46-57)66-55/h48-50,52-55,57-58,60-61H,3-47H2,1-2H3,(H,56,59)(H,62,63,64). The largest absolute Gasteiger partial charge is 0.397 e. The van der Waals surface area contributed by atoms with E-state index < -0.39 is 59.9 Å². The van der Waals surface area contributed by atoms with Gasteiger partial charge < -0.3 is 35.2 Å². The highest BCUT2D eigenvalue weighted by molar-refractivity contribution is 7.80. The Hall–Kier alpha value is -0.900. The van der Waals surface area contributed by atoms with Gasteiger partial charge in [-0.3, -0.25) is 9.35 Å². The predicted octanol–water partition coefficient (Wildman–Crippen LogP) is 13.3. The van der Waals surface area contributed by atoms with Crippen LogP contribution in [0.5, 0.6) is 0 Å². The Morgan fingerprint density at radius 2 is 0.853 bits per heavy atom. The molecule has 0 spiro atoms. The lowest BCUT2D eigenvalue weighted by Gasteiger charge is -2.41. The highest BCUT2D eigenvalue weighted by Gasteiger charge is 2.48. The van der Waals surface area contributed by atoms with Gasteiger partial charge in [-0.2, -0.15) is 8.42 Å². The molecule has 0 radical (unpaired) electrons. The second-order valence-corrected chi connectivity index (χ2v) is 21.6. The van der Waals surface area contributed by atoms with Crippen LogP contribution in [0.2, 0.25) is 0 Å². The minimum atomic E-state index is -5.07. The summed E-state index contributed by atoms with van der Waals surface area (Å²) < 4.78 is 47.7. The van der Waals surface area contributed by atoms with Crippen molar-refractivity contribution < 1.29 is 51.8 Å². The van der Waals surface area contributed by atoms with E-state index in [9.17, 15) is 38.2 Å². The normalized spacial score (nSPS) is 19.7. The van der Waals surface area contributed by atoms with E-state index in [0.29, 0.717) is 12.8 Å². The molecule has 0 aromatic carbocycles. The minimum Gasteiger partial charge on any atom is -0.394 e. The maximum atomic E-state index is 13.1. The third-order valence-electron chi connectivity index (χ3n) is 14.2. The van der Waals surface area contributed by atoms with Crippen molar-refractivity contribution in [2.75, 3.05) is 13.2 Å². The van der Waals surface area contributed by atoms with Crippen LogP contribution in [0.1, 0.15) is 290 Å². The Labute approximate surface area is 418 Å². The van der Waals surface area contributed by atoms with Gasteiger partial charge in [0.2, 0.25) is 5.91 Å². The van der Waals surface area contributed by atoms with E-state index in [1.807, 2.05) is 0 Å². The van der Waals surface area contributed by atoms with Crippen LogP contribution in [0.4, 0.5) is 0 Å². The molecule has 1 amide bonds. The van der Waals surface area contributed by atoms with Crippen LogP contribution in [0.15, 0.2) is 0 Å². The van der Waals surface area contributed by atoms with E-state index in [1.54, 1.807) is 0 Å². The summed E-state index contributed by atoms with van der Waals surface area (Å²) in [5.41, 5.74) is 0. The number of rotatable bonds is 51. The predicted molar refractivity (Wildman–Crippen MR) is 278 cm³/mol. The molecule has 6 N–H and O–H groups in total. The Kier molecular flexibility index (Phi) is 44.0. The molecule has 13 heteroatoms. The second-order valence-electron chi connectivity index (χ2n) is 20.6. The summed E-state index contributed by atoms with van der Waals surface area (Å²) in [5, 5.41) is 44.9. The lowest BCUT2D eigenvalue weighted by molar-refractivity contribution is -0.298. The highest BCUT2D eigenvalue weighted by atomic mass is 32.3. The molecule has 12 nitrogen and oxygen atoms in total. The first kappa shape index (κ1) is 65.1. The Morgan fingerprint density at radius 3 is 1.18 bits per heavy atom. The van der Waals surface area contributed by atoms with Crippen molar-refractivity contribution in [1.82, 2.24) is 5.32 Å². The molecule has 0 bridgehead atoms. The first-order chi connectivity index (χ1) is 33.0. The topological polar surface area (TPSA) is 192 Å². The minimum absolute atomic E-state index is 0.225. The number of carbonyl (C=O) groups is 1. The van der Waals surface area contributed by atoms with Crippen molar-refractivity contribution in [1.29, 1.82) is 0 Å². The number of amides is 1. The van der Waals surface area contributed by atoms with Gasteiger partial charge in [-0.1, -0.05) is 271 Å². The van der Waals surface area contributed by atoms with Crippen LogP contribution in [0.25, 0.3) is 0 Å². The molecule has 0 aromatic rings. The summed E-state index contributed by atoms with van der Waals surface area (Å²) in [6.07, 6.45) is 44.4. The van der Waals surface area contributed by atoms with Gasteiger partial charge in [0.15, 0.2) is 6.29 Å². The monoisotopic (exact) mass is 992 g/mol. The van der Waals surface area contributed by atoms with Gasteiger partial charge in [0, 0.05) is 6.42 Å². The van der Waals surface area contributed by atoms with Crippen LogP contribution in [0.3, 0.4) is 0 Å².